The molecule has 0 saturated heterocycles. The zero-order valence-corrected chi connectivity index (χ0v) is 17.6. The van der Waals surface area contributed by atoms with Crippen molar-refractivity contribution in [2.75, 3.05) is 13.2 Å². The molecule has 2 aromatic rings. The molecular weight excluding hydrogens is 462 g/mol. The Morgan fingerprint density at radius 1 is 1.23 bits per heavy atom. The molecule has 31 heavy (non-hydrogen) atoms. The van der Waals surface area contributed by atoms with Crippen LogP contribution in [0, 0.1) is 5.82 Å². The number of rotatable bonds is 7. The summed E-state index contributed by atoms with van der Waals surface area (Å²) in [6.07, 6.45) is -4.15. The Kier molecular flexibility index (Phi) is 8.64. The van der Waals surface area contributed by atoms with E-state index in [1.54, 1.807) is 6.92 Å². The quantitative estimate of drug-likeness (QED) is 0.478. The summed E-state index contributed by atoms with van der Waals surface area (Å²) in [5.41, 5.74) is 2.49. The maximum Gasteiger partial charge on any atom is 0.423 e. The highest BCUT2D eigenvalue weighted by molar-refractivity contribution is 6.36. The van der Waals surface area contributed by atoms with Crippen molar-refractivity contribution in [3.05, 3.63) is 51.8 Å². The van der Waals surface area contributed by atoms with Crippen LogP contribution < -0.4 is 15.5 Å². The molecule has 2 aromatic carbocycles. The summed E-state index contributed by atoms with van der Waals surface area (Å²) < 4.78 is 44.8. The molecule has 0 aromatic heterocycles. The Morgan fingerprint density at radius 3 is 2.52 bits per heavy atom. The van der Waals surface area contributed by atoms with Crippen LogP contribution >= 0.6 is 23.2 Å². The Bertz CT molecular complexity index is 963. The van der Waals surface area contributed by atoms with E-state index in [-0.39, 0.29) is 45.6 Å². The van der Waals surface area contributed by atoms with Gasteiger partial charge in [0.25, 0.3) is 6.43 Å². The fourth-order valence-corrected chi connectivity index (χ4v) is 3.13. The van der Waals surface area contributed by atoms with E-state index in [1.165, 1.54) is 24.3 Å². The largest absolute Gasteiger partial charge is 0.485 e. The first-order valence-electron chi connectivity index (χ1n) is 8.86. The van der Waals surface area contributed by atoms with E-state index < -0.39 is 31.0 Å². The van der Waals surface area contributed by atoms with E-state index >= 15 is 0 Å². The molecule has 168 valence electrons. The van der Waals surface area contributed by atoms with Crippen LogP contribution in [0.1, 0.15) is 12.5 Å². The van der Waals surface area contributed by atoms with Gasteiger partial charge in [-0.05, 0) is 30.7 Å². The predicted molar refractivity (Wildman–Crippen MR) is 109 cm³/mol. The Labute approximate surface area is 185 Å². The number of ether oxygens (including phenoxy) is 1. The van der Waals surface area contributed by atoms with Gasteiger partial charge in [0.2, 0.25) is 0 Å². The van der Waals surface area contributed by atoms with Crippen molar-refractivity contribution in [2.45, 2.75) is 19.9 Å². The normalized spacial score (nSPS) is 10.7. The van der Waals surface area contributed by atoms with Gasteiger partial charge < -0.3 is 15.2 Å². The molecule has 3 N–H and O–H groups in total. The second kappa shape index (κ2) is 11.0. The van der Waals surface area contributed by atoms with Gasteiger partial charge in [-0.15, -0.1) is 0 Å². The molecule has 0 saturated carbocycles. The van der Waals surface area contributed by atoms with Crippen LogP contribution in [-0.4, -0.2) is 41.8 Å². The number of alkyl halides is 2. The van der Waals surface area contributed by atoms with Gasteiger partial charge in [-0.3, -0.25) is 0 Å². The first-order valence-corrected chi connectivity index (χ1v) is 9.61. The minimum Gasteiger partial charge on any atom is -0.485 e. The lowest BCUT2D eigenvalue weighted by atomic mass is 10.0. The molecule has 0 atom stereocenters. The van der Waals surface area contributed by atoms with Crippen molar-refractivity contribution < 1.29 is 32.6 Å². The van der Waals surface area contributed by atoms with E-state index in [2.05, 4.69) is 5.32 Å². The molecule has 7 nitrogen and oxygen atoms in total. The Morgan fingerprint density at radius 2 is 1.94 bits per heavy atom. The van der Waals surface area contributed by atoms with Crippen molar-refractivity contribution in [1.29, 1.82) is 0 Å². The number of carbonyl (C=O) groups excluding carboxylic acids is 1. The summed E-state index contributed by atoms with van der Waals surface area (Å²) >= 11 is 12.0. The maximum absolute atomic E-state index is 14.6. The molecule has 0 heterocycles. The second-order valence-corrected chi connectivity index (χ2v) is 6.94. The number of benzene rings is 2. The number of carbonyl (C=O) groups is 2. The molecule has 3 amide bonds. The number of hydrogen-bond donors (Lipinski definition) is 3. The molecule has 0 aliphatic heterocycles. The van der Waals surface area contributed by atoms with Crippen molar-refractivity contribution in [3.8, 4) is 16.9 Å². The van der Waals surface area contributed by atoms with Crippen molar-refractivity contribution in [2.24, 2.45) is 0 Å². The van der Waals surface area contributed by atoms with Crippen LogP contribution in [0.2, 0.25) is 10.0 Å². The summed E-state index contributed by atoms with van der Waals surface area (Å²) in [6, 6.07) is 5.93. The Balaban J connectivity index is 2.23. The molecule has 2 rings (SSSR count). The minimum absolute atomic E-state index is 0.00881. The van der Waals surface area contributed by atoms with E-state index in [0.29, 0.717) is 0 Å². The van der Waals surface area contributed by atoms with Crippen molar-refractivity contribution in [3.63, 3.8) is 0 Å². The summed E-state index contributed by atoms with van der Waals surface area (Å²) in [6.45, 7) is 0.470. The first-order chi connectivity index (χ1) is 14.6. The van der Waals surface area contributed by atoms with Gasteiger partial charge in [-0.2, -0.15) is 0 Å². The summed E-state index contributed by atoms with van der Waals surface area (Å²) in [4.78, 5) is 22.7. The summed E-state index contributed by atoms with van der Waals surface area (Å²) in [5, 5.41) is 12.1. The number of carboxylic acid groups (broad SMARTS) is 1. The van der Waals surface area contributed by atoms with Gasteiger partial charge in [0.15, 0.2) is 0 Å². The molecule has 0 fully saturated rings. The summed E-state index contributed by atoms with van der Waals surface area (Å²) in [7, 11) is 0. The maximum atomic E-state index is 14.6. The lowest BCUT2D eigenvalue weighted by molar-refractivity contribution is 0.0822. The third kappa shape index (κ3) is 6.83. The van der Waals surface area contributed by atoms with Gasteiger partial charge in [-0.1, -0.05) is 35.3 Å². The molecule has 0 spiro atoms. The molecular formula is C19H18Cl2F3N3O4. The van der Waals surface area contributed by atoms with Crippen molar-refractivity contribution in [1.82, 2.24) is 15.8 Å². The van der Waals surface area contributed by atoms with E-state index in [1.807, 2.05) is 5.43 Å². The first kappa shape index (κ1) is 24.4. The van der Waals surface area contributed by atoms with E-state index in [9.17, 15) is 22.8 Å². The number of hydrogen-bond acceptors (Lipinski definition) is 3. The fraction of sp³-hybridized carbons (Fsp3) is 0.263. The van der Waals surface area contributed by atoms with E-state index in [4.69, 9.17) is 33.0 Å². The van der Waals surface area contributed by atoms with Crippen LogP contribution in [0.3, 0.4) is 0 Å². The van der Waals surface area contributed by atoms with Crippen LogP contribution in [0.25, 0.3) is 11.1 Å². The standard InChI is InChI=1S/C19H18Cl2F3N3O4/c1-2-27(26-19(29)30)18(28)25-8-11-4-3-10(5-15(11)22)13-6-12(20)7-14(21)17(13)31-9-16(23)24/h3-7,16,26H,2,8-9H2,1H3,(H,25,28)(H,29,30). The highest BCUT2D eigenvalue weighted by Gasteiger charge is 2.18. The minimum atomic E-state index is -2.74. The number of halogens is 5. The summed E-state index contributed by atoms with van der Waals surface area (Å²) in [5.74, 6) is -0.770. The van der Waals surface area contributed by atoms with Gasteiger partial charge in [0.1, 0.15) is 18.2 Å². The monoisotopic (exact) mass is 479 g/mol. The lowest BCUT2D eigenvalue weighted by Crippen LogP contribution is -2.49. The van der Waals surface area contributed by atoms with E-state index in [0.717, 1.165) is 11.1 Å². The molecule has 0 bridgehead atoms. The molecule has 0 aliphatic rings. The number of nitrogens with one attached hydrogen (secondary N) is 2. The van der Waals surface area contributed by atoms with Crippen molar-refractivity contribution >= 4 is 35.3 Å². The number of amides is 3. The zero-order chi connectivity index (χ0) is 23.1. The van der Waals surface area contributed by atoms with Gasteiger partial charge >= 0.3 is 12.1 Å². The molecule has 0 unspecified atom stereocenters. The molecule has 12 heteroatoms. The molecule has 0 radical (unpaired) electrons. The predicted octanol–water partition coefficient (Wildman–Crippen LogP) is 5.16. The average molecular weight is 480 g/mol. The number of hydrazine groups is 1. The van der Waals surface area contributed by atoms with Gasteiger partial charge in [-0.25, -0.2) is 33.2 Å². The number of nitrogens with zero attached hydrogens (tertiary/aromatic N) is 1. The van der Waals surface area contributed by atoms with Crippen LogP contribution in [0.4, 0.5) is 22.8 Å². The third-order valence-corrected chi connectivity index (χ3v) is 4.45. The topological polar surface area (TPSA) is 90.9 Å². The number of urea groups is 1. The zero-order valence-electron chi connectivity index (χ0n) is 16.1. The third-order valence-electron chi connectivity index (χ3n) is 3.95. The van der Waals surface area contributed by atoms with Gasteiger partial charge in [0.05, 0.1) is 5.02 Å². The second-order valence-electron chi connectivity index (χ2n) is 6.09. The smallest absolute Gasteiger partial charge is 0.423 e. The van der Waals surface area contributed by atoms with Crippen LogP contribution in [0.5, 0.6) is 5.75 Å². The highest BCUT2D eigenvalue weighted by Crippen LogP contribution is 2.39. The fourth-order valence-electron chi connectivity index (χ4n) is 2.58. The SMILES string of the molecule is CCN(NC(=O)O)C(=O)NCc1ccc(-c2cc(Cl)cc(Cl)c2OCC(F)F)cc1F. The molecule has 0 aliphatic carbocycles. The Hall–Kier alpha value is -2.85. The average Bonchev–Trinajstić information content (AvgIpc) is 2.69. The highest BCUT2D eigenvalue weighted by atomic mass is 35.5. The lowest BCUT2D eigenvalue weighted by Gasteiger charge is -2.20. The van der Waals surface area contributed by atoms with Gasteiger partial charge in [0, 0.05) is 29.2 Å². The van der Waals surface area contributed by atoms with Crippen LogP contribution in [0.15, 0.2) is 30.3 Å². The van der Waals surface area contributed by atoms with Crippen LogP contribution in [-0.2, 0) is 6.54 Å².